The Morgan fingerprint density at radius 2 is 1.04 bits per heavy atom. The van der Waals surface area contributed by atoms with E-state index in [1.54, 1.807) is 35.5 Å². The number of rotatable bonds is 7. The van der Waals surface area contributed by atoms with E-state index in [4.69, 9.17) is 23.7 Å². The molecule has 26 heavy (non-hydrogen) atoms. The van der Waals surface area contributed by atoms with Crippen LogP contribution in [-0.4, -0.2) is 35.5 Å². The molecule has 5 nitrogen and oxygen atoms in total. The van der Waals surface area contributed by atoms with E-state index in [-0.39, 0.29) is 0 Å². The zero-order valence-corrected chi connectivity index (χ0v) is 15.8. The highest BCUT2D eigenvalue weighted by molar-refractivity contribution is 5.97. The van der Waals surface area contributed by atoms with Gasteiger partial charge in [-0.05, 0) is 59.4 Å². The largest absolute Gasteiger partial charge is 0.493 e. The Labute approximate surface area is 154 Å². The van der Waals surface area contributed by atoms with E-state index in [0.717, 1.165) is 35.5 Å². The van der Waals surface area contributed by atoms with Crippen molar-refractivity contribution in [3.05, 3.63) is 41.5 Å². The van der Waals surface area contributed by atoms with Gasteiger partial charge < -0.3 is 23.7 Å². The van der Waals surface area contributed by atoms with E-state index >= 15 is 0 Å². The molecule has 5 heteroatoms. The molecule has 0 aromatic heterocycles. The van der Waals surface area contributed by atoms with Crippen molar-refractivity contribution in [1.82, 2.24) is 0 Å². The Morgan fingerprint density at radius 3 is 1.50 bits per heavy atom. The first-order chi connectivity index (χ1) is 12.7. The van der Waals surface area contributed by atoms with Gasteiger partial charge >= 0.3 is 0 Å². The van der Waals surface area contributed by atoms with Gasteiger partial charge in [-0.2, -0.15) is 0 Å². The summed E-state index contributed by atoms with van der Waals surface area (Å²) >= 11 is 0. The third-order valence-electron chi connectivity index (χ3n) is 4.73. The molecule has 0 saturated heterocycles. The second-order valence-corrected chi connectivity index (χ2v) is 5.94. The minimum Gasteiger partial charge on any atom is -0.493 e. The molecule has 0 unspecified atom stereocenters. The molecule has 0 heterocycles. The van der Waals surface area contributed by atoms with Gasteiger partial charge in [0.15, 0.2) is 23.0 Å². The first kappa shape index (κ1) is 18.0. The van der Waals surface area contributed by atoms with E-state index in [0.29, 0.717) is 17.2 Å². The van der Waals surface area contributed by atoms with E-state index in [9.17, 15) is 0 Å². The van der Waals surface area contributed by atoms with Crippen molar-refractivity contribution < 1.29 is 23.7 Å². The lowest BCUT2D eigenvalue weighted by Crippen LogP contribution is -2.05. The highest BCUT2D eigenvalue weighted by Gasteiger charge is 2.24. The van der Waals surface area contributed by atoms with Crippen LogP contribution in [0, 0.1) is 0 Å². The number of allylic oxidation sites excluding steroid dienone is 2. The molecule has 0 fully saturated rings. The van der Waals surface area contributed by atoms with Crippen molar-refractivity contribution in [1.29, 1.82) is 0 Å². The predicted molar refractivity (Wildman–Crippen MR) is 102 cm³/mol. The van der Waals surface area contributed by atoms with Crippen molar-refractivity contribution in [2.24, 2.45) is 0 Å². The fourth-order valence-electron chi connectivity index (χ4n) is 3.29. The zero-order chi connectivity index (χ0) is 18.7. The molecule has 0 saturated carbocycles. The number of methoxy groups -OCH3 is 5. The van der Waals surface area contributed by atoms with E-state index < -0.39 is 0 Å². The lowest BCUT2D eigenvalue weighted by atomic mass is 9.80. The molecule has 1 aliphatic rings. The van der Waals surface area contributed by atoms with Gasteiger partial charge in [-0.3, -0.25) is 0 Å². The van der Waals surface area contributed by atoms with Crippen molar-refractivity contribution in [2.75, 3.05) is 35.5 Å². The number of hydrogen-bond donors (Lipinski definition) is 0. The average Bonchev–Trinajstić information content (AvgIpc) is 2.66. The Kier molecular flexibility index (Phi) is 5.26. The van der Waals surface area contributed by atoms with Gasteiger partial charge in [-0.25, -0.2) is 0 Å². The number of benzene rings is 2. The molecule has 2 aromatic carbocycles. The molecular formula is C21H24O5. The minimum absolute atomic E-state index is 0.603. The molecule has 0 radical (unpaired) electrons. The molecule has 0 amide bonds. The van der Waals surface area contributed by atoms with E-state index in [1.807, 2.05) is 24.3 Å². The van der Waals surface area contributed by atoms with Crippen LogP contribution in [-0.2, 0) is 0 Å². The first-order valence-electron chi connectivity index (χ1n) is 8.41. The molecule has 2 aromatic rings. The molecule has 1 aliphatic carbocycles. The zero-order valence-electron chi connectivity index (χ0n) is 15.8. The standard InChI is InChI=1S/C21H24O5/c1-22-17-9-6-13(10-18(17)23-2)15-7-8-16(15)14-11-19(24-3)21(26-5)20(12-14)25-4/h6,9-12H,7-8H2,1-5H3. The van der Waals surface area contributed by atoms with Crippen molar-refractivity contribution in [3.63, 3.8) is 0 Å². The van der Waals surface area contributed by atoms with Crippen LogP contribution in [0.25, 0.3) is 11.1 Å². The molecular weight excluding hydrogens is 332 g/mol. The molecule has 0 N–H and O–H groups in total. The topological polar surface area (TPSA) is 46.2 Å². The van der Waals surface area contributed by atoms with Gasteiger partial charge in [-0.1, -0.05) is 6.07 Å². The summed E-state index contributed by atoms with van der Waals surface area (Å²) in [6.45, 7) is 0. The quantitative estimate of drug-likeness (QED) is 0.734. The highest BCUT2D eigenvalue weighted by atomic mass is 16.5. The summed E-state index contributed by atoms with van der Waals surface area (Å²) in [6, 6.07) is 10.0. The van der Waals surface area contributed by atoms with Gasteiger partial charge in [0.25, 0.3) is 0 Å². The molecule has 0 bridgehead atoms. The van der Waals surface area contributed by atoms with Crippen LogP contribution < -0.4 is 23.7 Å². The molecule has 138 valence electrons. The second kappa shape index (κ2) is 7.60. The van der Waals surface area contributed by atoms with Crippen molar-refractivity contribution in [2.45, 2.75) is 12.8 Å². The molecule has 0 aliphatic heterocycles. The van der Waals surface area contributed by atoms with Crippen LogP contribution in [0.1, 0.15) is 24.0 Å². The average molecular weight is 356 g/mol. The summed E-state index contributed by atoms with van der Waals surface area (Å²) in [5.74, 6) is 3.38. The number of hydrogen-bond acceptors (Lipinski definition) is 5. The van der Waals surface area contributed by atoms with E-state index in [1.165, 1.54) is 11.1 Å². The van der Waals surface area contributed by atoms with E-state index in [2.05, 4.69) is 6.07 Å². The number of ether oxygens (including phenoxy) is 5. The highest BCUT2D eigenvalue weighted by Crippen LogP contribution is 2.48. The van der Waals surface area contributed by atoms with Gasteiger partial charge in [0.05, 0.1) is 35.5 Å². The van der Waals surface area contributed by atoms with Crippen LogP contribution >= 0.6 is 0 Å². The predicted octanol–water partition coefficient (Wildman–Crippen LogP) is 4.43. The second-order valence-electron chi connectivity index (χ2n) is 5.94. The molecule has 3 rings (SSSR count). The van der Waals surface area contributed by atoms with Crippen LogP contribution in [0.3, 0.4) is 0 Å². The summed E-state index contributed by atoms with van der Waals surface area (Å²) < 4.78 is 27.1. The van der Waals surface area contributed by atoms with Crippen LogP contribution in [0.2, 0.25) is 0 Å². The van der Waals surface area contributed by atoms with Gasteiger partial charge in [0.1, 0.15) is 0 Å². The summed E-state index contributed by atoms with van der Waals surface area (Å²) in [4.78, 5) is 0. The summed E-state index contributed by atoms with van der Waals surface area (Å²) in [7, 11) is 8.16. The minimum atomic E-state index is 0.603. The maximum Gasteiger partial charge on any atom is 0.203 e. The smallest absolute Gasteiger partial charge is 0.203 e. The van der Waals surface area contributed by atoms with Crippen LogP contribution in [0.15, 0.2) is 30.3 Å². The summed E-state index contributed by atoms with van der Waals surface area (Å²) in [6.07, 6.45) is 2.02. The van der Waals surface area contributed by atoms with Crippen LogP contribution in [0.5, 0.6) is 28.7 Å². The lowest BCUT2D eigenvalue weighted by molar-refractivity contribution is 0.324. The SMILES string of the molecule is COc1ccc(C2=C(c3cc(OC)c(OC)c(OC)c3)CC2)cc1OC. The fourth-order valence-corrected chi connectivity index (χ4v) is 3.29. The van der Waals surface area contributed by atoms with Gasteiger partial charge in [-0.15, -0.1) is 0 Å². The molecule has 0 spiro atoms. The first-order valence-corrected chi connectivity index (χ1v) is 8.41. The monoisotopic (exact) mass is 356 g/mol. The third kappa shape index (κ3) is 3.05. The van der Waals surface area contributed by atoms with Crippen LogP contribution in [0.4, 0.5) is 0 Å². The van der Waals surface area contributed by atoms with Gasteiger partial charge in [0.2, 0.25) is 5.75 Å². The summed E-state index contributed by atoms with van der Waals surface area (Å²) in [5.41, 5.74) is 4.78. The molecule has 0 atom stereocenters. The maximum atomic E-state index is 5.48. The lowest BCUT2D eigenvalue weighted by Gasteiger charge is -2.26. The normalized spacial score (nSPS) is 13.1. The Balaban J connectivity index is 2.07. The van der Waals surface area contributed by atoms with Gasteiger partial charge in [0, 0.05) is 0 Å². The Morgan fingerprint density at radius 1 is 0.538 bits per heavy atom. The van der Waals surface area contributed by atoms with Crippen molar-refractivity contribution in [3.8, 4) is 28.7 Å². The fraction of sp³-hybridized carbons (Fsp3) is 0.333. The summed E-state index contributed by atoms with van der Waals surface area (Å²) in [5, 5.41) is 0. The Hall–Kier alpha value is -2.82. The third-order valence-corrected chi connectivity index (χ3v) is 4.73. The van der Waals surface area contributed by atoms with Crippen molar-refractivity contribution >= 4 is 11.1 Å². The maximum absolute atomic E-state index is 5.48. The Bertz CT molecular complexity index is 813.